The first-order valence-electron chi connectivity index (χ1n) is 5.24. The molecule has 2 aromatic heterocycles. The largest absolute Gasteiger partial charge is 0.301 e. The number of nitrogen functional groups attached to an aromatic ring is 1. The highest BCUT2D eigenvalue weighted by Crippen LogP contribution is 2.20. The molecule has 2 heterocycles. The number of hydrogen-bond acceptors (Lipinski definition) is 7. The maximum Gasteiger partial charge on any atom is 0.294 e. The van der Waals surface area contributed by atoms with Crippen LogP contribution in [0.15, 0.2) is 21.4 Å². The van der Waals surface area contributed by atoms with Gasteiger partial charge in [-0.2, -0.15) is 0 Å². The molecule has 0 fully saturated rings. The number of carbonyl (C=O) groups is 1. The molecule has 2 rings (SSSR count). The Morgan fingerprint density at radius 3 is 3.05 bits per heavy atom. The molecule has 0 aliphatic carbocycles. The molecule has 100 valence electrons. The van der Waals surface area contributed by atoms with E-state index in [-0.39, 0.29) is 5.56 Å². The van der Waals surface area contributed by atoms with E-state index >= 15 is 0 Å². The third-order valence-corrected chi connectivity index (χ3v) is 3.88. The van der Waals surface area contributed by atoms with Crippen molar-refractivity contribution in [1.82, 2.24) is 20.4 Å². The van der Waals surface area contributed by atoms with Gasteiger partial charge in [-0.1, -0.05) is 11.8 Å². The Balaban J connectivity index is 2.04. The first-order chi connectivity index (χ1) is 9.08. The topological polar surface area (TPSA) is 114 Å². The van der Waals surface area contributed by atoms with Gasteiger partial charge in [0.15, 0.2) is 10.2 Å². The fraction of sp³-hybridized carbons (Fsp3) is 0.200. The summed E-state index contributed by atoms with van der Waals surface area (Å²) in [6.07, 6.45) is 0. The van der Waals surface area contributed by atoms with Crippen molar-refractivity contribution in [3.05, 3.63) is 38.2 Å². The van der Waals surface area contributed by atoms with Crippen LogP contribution in [0.5, 0.6) is 0 Å². The maximum absolute atomic E-state index is 11.3. The molecule has 9 heteroatoms. The van der Waals surface area contributed by atoms with E-state index in [1.54, 1.807) is 12.3 Å². The van der Waals surface area contributed by atoms with E-state index in [2.05, 4.69) is 15.0 Å². The molecule has 4 N–H and O–H groups in total. The van der Waals surface area contributed by atoms with E-state index < -0.39 is 5.91 Å². The number of rotatable bonds is 4. The van der Waals surface area contributed by atoms with Gasteiger partial charge in [0.25, 0.3) is 11.5 Å². The van der Waals surface area contributed by atoms with E-state index in [0.29, 0.717) is 21.6 Å². The van der Waals surface area contributed by atoms with Crippen LogP contribution in [0, 0.1) is 6.92 Å². The molecule has 19 heavy (non-hydrogen) atoms. The van der Waals surface area contributed by atoms with Crippen LogP contribution in [0.3, 0.4) is 0 Å². The van der Waals surface area contributed by atoms with Gasteiger partial charge in [0.1, 0.15) is 0 Å². The number of nitrogens with two attached hydrogens (primary N) is 1. The Kier molecular flexibility index (Phi) is 4.30. The molecule has 0 unspecified atom stereocenters. The first kappa shape index (κ1) is 13.7. The lowest BCUT2D eigenvalue weighted by Crippen LogP contribution is -2.29. The predicted octanol–water partition coefficient (Wildman–Crippen LogP) is 0.431. The average molecular weight is 297 g/mol. The molecule has 1 amide bonds. The standard InChI is InChI=1S/C10H11N5O2S2/c1-5-2-7(16)14-10(12-5)19-4-6-3-18-9(13-6)8(17)15-11/h2-3H,4,11H2,1H3,(H,15,17)(H,12,14,16). The third kappa shape index (κ3) is 3.63. The molecule has 7 nitrogen and oxygen atoms in total. The van der Waals surface area contributed by atoms with Gasteiger partial charge in [0.2, 0.25) is 0 Å². The second-order valence-electron chi connectivity index (χ2n) is 3.60. The molecule has 0 saturated carbocycles. The minimum atomic E-state index is -0.414. The number of thiazole rings is 1. The lowest BCUT2D eigenvalue weighted by molar-refractivity contribution is 0.0953. The Hall–Kier alpha value is -1.71. The summed E-state index contributed by atoms with van der Waals surface area (Å²) in [6.45, 7) is 1.76. The van der Waals surface area contributed by atoms with Crippen LogP contribution in [0.25, 0.3) is 0 Å². The number of thioether (sulfide) groups is 1. The Bertz CT molecular complexity index is 651. The van der Waals surface area contributed by atoms with Crippen molar-refractivity contribution in [2.24, 2.45) is 5.84 Å². The minimum Gasteiger partial charge on any atom is -0.301 e. The summed E-state index contributed by atoms with van der Waals surface area (Å²) in [5, 5.41) is 2.61. The molecular formula is C10H11N5O2S2. The zero-order chi connectivity index (χ0) is 13.8. The number of hydrazine groups is 1. The molecule has 2 aromatic rings. The van der Waals surface area contributed by atoms with Crippen LogP contribution in [0.4, 0.5) is 0 Å². The number of amides is 1. The van der Waals surface area contributed by atoms with Gasteiger partial charge in [-0.15, -0.1) is 11.3 Å². The smallest absolute Gasteiger partial charge is 0.294 e. The number of H-pyrrole nitrogens is 1. The monoisotopic (exact) mass is 297 g/mol. The van der Waals surface area contributed by atoms with E-state index in [1.807, 2.05) is 5.43 Å². The number of nitrogens with zero attached hydrogens (tertiary/aromatic N) is 2. The van der Waals surface area contributed by atoms with Crippen LogP contribution in [0.1, 0.15) is 21.2 Å². The van der Waals surface area contributed by atoms with Crippen molar-refractivity contribution in [3.8, 4) is 0 Å². The van der Waals surface area contributed by atoms with Gasteiger partial charge in [-0.25, -0.2) is 15.8 Å². The Morgan fingerprint density at radius 2 is 2.37 bits per heavy atom. The summed E-state index contributed by atoms with van der Waals surface area (Å²) in [4.78, 5) is 33.5. The molecule has 0 aromatic carbocycles. The summed E-state index contributed by atoms with van der Waals surface area (Å²) in [5.41, 5.74) is 3.24. The predicted molar refractivity (Wildman–Crippen MR) is 72.9 cm³/mol. The highest BCUT2D eigenvalue weighted by molar-refractivity contribution is 7.98. The van der Waals surface area contributed by atoms with Gasteiger partial charge in [-0.3, -0.25) is 15.0 Å². The summed E-state index contributed by atoms with van der Waals surface area (Å²) < 4.78 is 0. The fourth-order valence-electron chi connectivity index (χ4n) is 1.30. The van der Waals surface area contributed by atoms with Crippen molar-refractivity contribution in [1.29, 1.82) is 0 Å². The Labute approximate surface area is 116 Å². The van der Waals surface area contributed by atoms with Gasteiger partial charge < -0.3 is 4.98 Å². The second kappa shape index (κ2) is 5.95. The van der Waals surface area contributed by atoms with Gasteiger partial charge in [0.05, 0.1) is 5.69 Å². The van der Waals surface area contributed by atoms with E-state index in [1.165, 1.54) is 29.2 Å². The van der Waals surface area contributed by atoms with Crippen molar-refractivity contribution in [2.45, 2.75) is 17.8 Å². The number of carbonyl (C=O) groups excluding carboxylic acids is 1. The summed E-state index contributed by atoms with van der Waals surface area (Å²) in [5.74, 6) is 5.12. The number of aromatic amines is 1. The summed E-state index contributed by atoms with van der Waals surface area (Å²) in [6, 6.07) is 1.43. The van der Waals surface area contributed by atoms with Crippen LogP contribution < -0.4 is 16.8 Å². The normalized spacial score (nSPS) is 10.4. The Morgan fingerprint density at radius 1 is 1.58 bits per heavy atom. The number of aromatic nitrogens is 3. The highest BCUT2D eigenvalue weighted by atomic mass is 32.2. The second-order valence-corrected chi connectivity index (χ2v) is 5.42. The van der Waals surface area contributed by atoms with Gasteiger partial charge in [0, 0.05) is 22.9 Å². The molecule has 0 radical (unpaired) electrons. The molecule has 0 atom stereocenters. The zero-order valence-electron chi connectivity index (χ0n) is 9.97. The van der Waals surface area contributed by atoms with Crippen LogP contribution in [-0.4, -0.2) is 20.9 Å². The lowest BCUT2D eigenvalue weighted by atomic mass is 10.5. The molecule has 0 saturated heterocycles. The molecular weight excluding hydrogens is 286 g/mol. The third-order valence-electron chi connectivity index (χ3n) is 2.08. The first-order valence-corrected chi connectivity index (χ1v) is 7.11. The van der Waals surface area contributed by atoms with Crippen molar-refractivity contribution in [3.63, 3.8) is 0 Å². The summed E-state index contributed by atoms with van der Waals surface area (Å²) >= 11 is 2.56. The molecule has 0 aliphatic rings. The minimum absolute atomic E-state index is 0.184. The molecule has 0 bridgehead atoms. The van der Waals surface area contributed by atoms with Crippen LogP contribution >= 0.6 is 23.1 Å². The fourth-order valence-corrected chi connectivity index (χ4v) is 2.94. The van der Waals surface area contributed by atoms with Crippen molar-refractivity contribution in [2.75, 3.05) is 0 Å². The number of hydrogen-bond donors (Lipinski definition) is 3. The average Bonchev–Trinajstić information content (AvgIpc) is 2.83. The number of nitrogens with one attached hydrogen (secondary N) is 2. The zero-order valence-corrected chi connectivity index (χ0v) is 11.6. The van der Waals surface area contributed by atoms with Crippen LogP contribution in [-0.2, 0) is 5.75 Å². The van der Waals surface area contributed by atoms with Gasteiger partial charge in [-0.05, 0) is 6.92 Å². The summed E-state index contributed by atoms with van der Waals surface area (Å²) in [7, 11) is 0. The van der Waals surface area contributed by atoms with Crippen molar-refractivity contribution >= 4 is 29.0 Å². The van der Waals surface area contributed by atoms with Crippen LogP contribution in [0.2, 0.25) is 0 Å². The maximum atomic E-state index is 11.3. The highest BCUT2D eigenvalue weighted by Gasteiger charge is 2.10. The molecule has 0 spiro atoms. The SMILES string of the molecule is Cc1cc(=O)[nH]c(SCc2csc(C(=O)NN)n2)n1. The lowest BCUT2D eigenvalue weighted by Gasteiger charge is -1.99. The van der Waals surface area contributed by atoms with Crippen molar-refractivity contribution < 1.29 is 4.79 Å². The van der Waals surface area contributed by atoms with E-state index in [4.69, 9.17) is 5.84 Å². The molecule has 0 aliphatic heterocycles. The number of aryl methyl sites for hydroxylation is 1. The van der Waals surface area contributed by atoms with E-state index in [9.17, 15) is 9.59 Å². The van der Waals surface area contributed by atoms with Gasteiger partial charge >= 0.3 is 0 Å². The van der Waals surface area contributed by atoms with E-state index in [0.717, 1.165) is 5.69 Å². The quantitative estimate of drug-likeness (QED) is 0.248.